The minimum atomic E-state index is -0.906. The van der Waals surface area contributed by atoms with Crippen LogP contribution in [0, 0.1) is 20.8 Å². The van der Waals surface area contributed by atoms with Gasteiger partial charge in [0.05, 0.1) is 12.8 Å². The van der Waals surface area contributed by atoms with Gasteiger partial charge in [0.2, 0.25) is 0 Å². The maximum absolute atomic E-state index is 12.4. The molecule has 0 heterocycles. The van der Waals surface area contributed by atoms with Gasteiger partial charge >= 0.3 is 11.8 Å². The average Bonchev–Trinajstić information content (AvgIpc) is 2.87. The second-order valence-corrected chi connectivity index (χ2v) is 8.31. The summed E-state index contributed by atoms with van der Waals surface area (Å²) in [6.45, 7) is 7.80. The number of carbonyl (C=O) groups excluding carboxylic acids is 3. The molecule has 0 unspecified atom stereocenters. The Kier molecular flexibility index (Phi) is 9.37. The maximum atomic E-state index is 12.4. The molecular weight excluding hydrogens is 472 g/mol. The fourth-order valence-electron chi connectivity index (χ4n) is 3.23. The summed E-state index contributed by atoms with van der Waals surface area (Å²) < 4.78 is 11.3. The van der Waals surface area contributed by atoms with E-state index in [-0.39, 0.29) is 12.5 Å². The molecule has 0 aliphatic carbocycles. The topological polar surface area (TPSA) is 118 Å². The largest absolute Gasteiger partial charge is 0.490 e. The second-order valence-electron chi connectivity index (χ2n) is 8.31. The fourth-order valence-corrected chi connectivity index (χ4v) is 3.23. The van der Waals surface area contributed by atoms with Gasteiger partial charge in [-0.2, -0.15) is 5.10 Å². The summed E-state index contributed by atoms with van der Waals surface area (Å²) in [5, 5.41) is 9.19. The molecule has 0 spiro atoms. The van der Waals surface area contributed by atoms with Gasteiger partial charge in [0.15, 0.2) is 18.1 Å². The molecular formula is C28H30N4O5. The molecule has 3 rings (SSSR count). The molecule has 9 heteroatoms. The highest BCUT2D eigenvalue weighted by atomic mass is 16.5. The molecule has 37 heavy (non-hydrogen) atoms. The molecule has 0 saturated heterocycles. The molecule has 0 bridgehead atoms. The third kappa shape index (κ3) is 8.21. The first-order chi connectivity index (χ1) is 17.7. The highest BCUT2D eigenvalue weighted by Gasteiger charge is 2.13. The van der Waals surface area contributed by atoms with Crippen LogP contribution in [0.2, 0.25) is 0 Å². The number of aryl methyl sites for hydroxylation is 3. The third-order valence-corrected chi connectivity index (χ3v) is 5.19. The van der Waals surface area contributed by atoms with E-state index in [0.717, 1.165) is 22.4 Å². The Morgan fingerprint density at radius 1 is 0.811 bits per heavy atom. The zero-order valence-corrected chi connectivity index (χ0v) is 21.3. The maximum Gasteiger partial charge on any atom is 0.329 e. The van der Waals surface area contributed by atoms with Crippen molar-refractivity contribution in [1.82, 2.24) is 5.43 Å². The molecule has 3 aromatic rings. The highest BCUT2D eigenvalue weighted by Crippen LogP contribution is 2.28. The van der Waals surface area contributed by atoms with E-state index in [9.17, 15) is 14.4 Å². The van der Waals surface area contributed by atoms with Crippen molar-refractivity contribution in [3.8, 4) is 11.5 Å². The van der Waals surface area contributed by atoms with Crippen LogP contribution in [0.3, 0.4) is 0 Å². The third-order valence-electron chi connectivity index (χ3n) is 5.19. The van der Waals surface area contributed by atoms with Crippen molar-refractivity contribution < 1.29 is 23.9 Å². The molecule has 0 aromatic heterocycles. The van der Waals surface area contributed by atoms with Crippen LogP contribution in [0.25, 0.3) is 0 Å². The van der Waals surface area contributed by atoms with Crippen LogP contribution >= 0.6 is 0 Å². The molecule has 3 N–H and O–H groups in total. The van der Waals surface area contributed by atoms with Crippen LogP contribution in [0.1, 0.15) is 29.2 Å². The van der Waals surface area contributed by atoms with Crippen molar-refractivity contribution in [2.45, 2.75) is 27.7 Å². The van der Waals surface area contributed by atoms with E-state index in [1.165, 1.54) is 6.21 Å². The van der Waals surface area contributed by atoms with Crippen LogP contribution < -0.4 is 25.5 Å². The molecule has 9 nitrogen and oxygen atoms in total. The monoisotopic (exact) mass is 502 g/mol. The van der Waals surface area contributed by atoms with Crippen LogP contribution in [0.4, 0.5) is 11.4 Å². The van der Waals surface area contributed by atoms with Gasteiger partial charge in [-0.15, -0.1) is 0 Å². The average molecular weight is 503 g/mol. The number of nitrogens with zero attached hydrogens (tertiary/aromatic N) is 1. The summed E-state index contributed by atoms with van der Waals surface area (Å²) in [5.41, 5.74) is 7.07. The van der Waals surface area contributed by atoms with Gasteiger partial charge in [-0.25, -0.2) is 5.43 Å². The van der Waals surface area contributed by atoms with Crippen molar-refractivity contribution >= 4 is 35.3 Å². The summed E-state index contributed by atoms with van der Waals surface area (Å²) in [5.74, 6) is -1.24. The van der Waals surface area contributed by atoms with Gasteiger partial charge in [0, 0.05) is 11.4 Å². The Morgan fingerprint density at radius 3 is 2.27 bits per heavy atom. The number of ether oxygens (including phenoxy) is 2. The minimum Gasteiger partial charge on any atom is -0.490 e. The number of carbonyl (C=O) groups is 3. The van der Waals surface area contributed by atoms with E-state index >= 15 is 0 Å². The molecule has 192 valence electrons. The lowest BCUT2D eigenvalue weighted by molar-refractivity contribution is -0.136. The molecule has 0 aliphatic rings. The van der Waals surface area contributed by atoms with Crippen molar-refractivity contribution in [3.63, 3.8) is 0 Å². The molecule has 0 saturated carbocycles. The van der Waals surface area contributed by atoms with Crippen LogP contribution in [0.5, 0.6) is 11.5 Å². The zero-order chi connectivity index (χ0) is 26.8. The number of hydrogen-bond donors (Lipinski definition) is 3. The summed E-state index contributed by atoms with van der Waals surface area (Å²) in [7, 11) is 0. The lowest BCUT2D eigenvalue weighted by Gasteiger charge is -2.13. The van der Waals surface area contributed by atoms with Crippen LogP contribution in [-0.4, -0.2) is 37.1 Å². The Balaban J connectivity index is 1.56. The first-order valence-electron chi connectivity index (χ1n) is 11.7. The predicted molar refractivity (Wildman–Crippen MR) is 143 cm³/mol. The summed E-state index contributed by atoms with van der Waals surface area (Å²) in [6.07, 6.45) is 1.37. The lowest BCUT2D eigenvalue weighted by Crippen LogP contribution is -2.32. The van der Waals surface area contributed by atoms with Crippen LogP contribution in [0.15, 0.2) is 65.8 Å². The Morgan fingerprint density at radius 2 is 1.54 bits per heavy atom. The first kappa shape index (κ1) is 26.9. The van der Waals surface area contributed by atoms with E-state index in [0.29, 0.717) is 29.4 Å². The van der Waals surface area contributed by atoms with Crippen molar-refractivity contribution in [1.29, 1.82) is 0 Å². The van der Waals surface area contributed by atoms with E-state index in [4.69, 9.17) is 9.47 Å². The minimum absolute atomic E-state index is 0.201. The van der Waals surface area contributed by atoms with Gasteiger partial charge in [0.1, 0.15) is 0 Å². The fraction of sp³-hybridized carbons (Fsp3) is 0.214. The lowest BCUT2D eigenvalue weighted by atomic mass is 10.1. The van der Waals surface area contributed by atoms with E-state index in [1.54, 1.807) is 30.3 Å². The predicted octanol–water partition coefficient (Wildman–Crippen LogP) is 4.12. The van der Waals surface area contributed by atoms with Crippen molar-refractivity contribution in [3.05, 3.63) is 82.9 Å². The molecule has 0 radical (unpaired) electrons. The molecule has 0 atom stereocenters. The zero-order valence-electron chi connectivity index (χ0n) is 21.3. The molecule has 0 fully saturated rings. The van der Waals surface area contributed by atoms with Gasteiger partial charge in [-0.3, -0.25) is 14.4 Å². The Labute approximate surface area is 215 Å². The smallest absolute Gasteiger partial charge is 0.329 e. The van der Waals surface area contributed by atoms with E-state index in [1.807, 2.05) is 58.0 Å². The summed E-state index contributed by atoms with van der Waals surface area (Å²) in [4.78, 5) is 36.5. The van der Waals surface area contributed by atoms with Crippen LogP contribution in [-0.2, 0) is 14.4 Å². The quantitative estimate of drug-likeness (QED) is 0.231. The standard InChI is InChI=1S/C28H30N4O5/c1-5-36-25-15-21(16-29-32-28(35)27(34)30-22-11-7-18(2)8-12-22)10-13-24(25)37-17-26(33)31-23-14-19(3)6-9-20(23)4/h6-16H,5,17H2,1-4H3,(H,30,34)(H,31,33)(H,32,35)/b29-16-. The molecule has 3 aromatic carbocycles. The van der Waals surface area contributed by atoms with Gasteiger partial charge in [-0.1, -0.05) is 29.8 Å². The summed E-state index contributed by atoms with van der Waals surface area (Å²) >= 11 is 0. The van der Waals surface area contributed by atoms with E-state index < -0.39 is 11.8 Å². The normalized spacial score (nSPS) is 10.6. The van der Waals surface area contributed by atoms with E-state index in [2.05, 4.69) is 21.2 Å². The number of rotatable bonds is 9. The SMILES string of the molecule is CCOc1cc(/C=N\NC(=O)C(=O)Nc2ccc(C)cc2)ccc1OCC(=O)Nc1cc(C)ccc1C. The Hall–Kier alpha value is -4.66. The number of benzene rings is 3. The first-order valence-corrected chi connectivity index (χ1v) is 11.7. The molecule has 0 aliphatic heterocycles. The van der Waals surface area contributed by atoms with Gasteiger partial charge in [-0.05, 0) is 80.8 Å². The summed E-state index contributed by atoms with van der Waals surface area (Å²) in [6, 6.07) is 17.9. The van der Waals surface area contributed by atoms with Crippen molar-refractivity contribution in [2.75, 3.05) is 23.8 Å². The number of nitrogens with one attached hydrogen (secondary N) is 3. The number of amides is 3. The number of anilines is 2. The number of hydrogen-bond acceptors (Lipinski definition) is 6. The number of hydrazone groups is 1. The second kappa shape index (κ2) is 12.9. The van der Waals surface area contributed by atoms with Crippen molar-refractivity contribution in [2.24, 2.45) is 5.10 Å². The molecule has 3 amide bonds. The Bertz CT molecular complexity index is 1300. The van der Waals surface area contributed by atoms with Gasteiger partial charge in [0.25, 0.3) is 5.91 Å². The highest BCUT2D eigenvalue weighted by molar-refractivity contribution is 6.39. The van der Waals surface area contributed by atoms with Gasteiger partial charge < -0.3 is 20.1 Å².